The van der Waals surface area contributed by atoms with Crippen molar-refractivity contribution in [3.8, 4) is 11.5 Å². The van der Waals surface area contributed by atoms with E-state index in [1.807, 2.05) is 42.5 Å². The Hall–Kier alpha value is -3.93. The van der Waals surface area contributed by atoms with Crippen molar-refractivity contribution in [1.29, 1.82) is 0 Å². The summed E-state index contributed by atoms with van der Waals surface area (Å²) < 4.78 is 15.9. The van der Waals surface area contributed by atoms with Gasteiger partial charge in [-0.25, -0.2) is 9.79 Å². The predicted molar refractivity (Wildman–Crippen MR) is 113 cm³/mol. The molecule has 0 spiro atoms. The lowest BCUT2D eigenvalue weighted by Crippen LogP contribution is -2.06. The first kappa shape index (κ1) is 19.4. The van der Waals surface area contributed by atoms with Crippen LogP contribution in [0.1, 0.15) is 24.5 Å². The molecule has 3 aromatic rings. The van der Waals surface area contributed by atoms with Crippen molar-refractivity contribution < 1.29 is 23.8 Å². The molecule has 30 heavy (non-hydrogen) atoms. The van der Waals surface area contributed by atoms with Gasteiger partial charge >= 0.3 is 11.9 Å². The van der Waals surface area contributed by atoms with Gasteiger partial charge in [-0.15, -0.1) is 0 Å². The molecule has 1 heterocycles. The molecule has 0 saturated heterocycles. The molecule has 0 aromatic heterocycles. The number of carbonyl (C=O) groups is 2. The number of esters is 2. The Morgan fingerprint density at radius 3 is 2.60 bits per heavy atom. The molecule has 0 atom stereocenters. The number of hydrogen-bond acceptors (Lipinski definition) is 6. The van der Waals surface area contributed by atoms with Gasteiger partial charge < -0.3 is 14.2 Å². The molecular weight excluding hydrogens is 382 g/mol. The Morgan fingerprint density at radius 1 is 1.03 bits per heavy atom. The summed E-state index contributed by atoms with van der Waals surface area (Å²) in [4.78, 5) is 28.2. The first-order valence-electron chi connectivity index (χ1n) is 9.48. The Kier molecular flexibility index (Phi) is 5.30. The van der Waals surface area contributed by atoms with Gasteiger partial charge in [0.2, 0.25) is 5.90 Å². The van der Waals surface area contributed by atoms with Crippen molar-refractivity contribution in [2.24, 2.45) is 4.99 Å². The molecule has 4 rings (SSSR count). The highest BCUT2D eigenvalue weighted by Gasteiger charge is 2.24. The SMILES string of the molecule is CCC(=O)Oc1ccc(/C=C2\N=C(c3ccc4ccccc4c3)OC2=O)cc1OC. The summed E-state index contributed by atoms with van der Waals surface area (Å²) in [5, 5.41) is 2.13. The van der Waals surface area contributed by atoms with E-state index in [2.05, 4.69) is 4.99 Å². The molecule has 6 heteroatoms. The van der Waals surface area contributed by atoms with Gasteiger partial charge in [-0.1, -0.05) is 43.3 Å². The molecule has 0 aliphatic carbocycles. The normalized spacial score (nSPS) is 14.5. The van der Waals surface area contributed by atoms with Crippen LogP contribution in [0, 0.1) is 0 Å². The maximum Gasteiger partial charge on any atom is 0.363 e. The van der Waals surface area contributed by atoms with Gasteiger partial charge in [0.05, 0.1) is 7.11 Å². The van der Waals surface area contributed by atoms with Crippen molar-refractivity contribution in [2.75, 3.05) is 7.11 Å². The number of fused-ring (bicyclic) bond motifs is 1. The molecular formula is C24H19NO5. The van der Waals surface area contributed by atoms with E-state index in [0.29, 0.717) is 17.1 Å². The van der Waals surface area contributed by atoms with Crippen LogP contribution >= 0.6 is 0 Å². The van der Waals surface area contributed by atoms with Crippen molar-refractivity contribution in [2.45, 2.75) is 13.3 Å². The maximum absolute atomic E-state index is 12.3. The second-order valence-electron chi connectivity index (χ2n) is 6.64. The highest BCUT2D eigenvalue weighted by atomic mass is 16.6. The zero-order chi connectivity index (χ0) is 21.1. The minimum atomic E-state index is -0.529. The molecule has 0 bridgehead atoms. The molecule has 1 aliphatic rings. The van der Waals surface area contributed by atoms with Gasteiger partial charge in [0, 0.05) is 12.0 Å². The van der Waals surface area contributed by atoms with Crippen LogP contribution in [0.3, 0.4) is 0 Å². The van der Waals surface area contributed by atoms with Crippen LogP contribution in [0.15, 0.2) is 71.4 Å². The van der Waals surface area contributed by atoms with Crippen LogP contribution in [-0.2, 0) is 14.3 Å². The zero-order valence-corrected chi connectivity index (χ0v) is 16.5. The lowest BCUT2D eigenvalue weighted by molar-refractivity contribution is -0.134. The highest BCUT2D eigenvalue weighted by molar-refractivity contribution is 6.13. The third kappa shape index (κ3) is 3.93. The van der Waals surface area contributed by atoms with E-state index in [-0.39, 0.29) is 24.0 Å². The number of hydrogen-bond donors (Lipinski definition) is 0. The summed E-state index contributed by atoms with van der Waals surface area (Å²) in [5.41, 5.74) is 1.57. The number of aliphatic imine (C=N–C) groups is 1. The van der Waals surface area contributed by atoms with Crippen molar-refractivity contribution in [3.05, 3.63) is 77.5 Å². The largest absolute Gasteiger partial charge is 0.493 e. The average Bonchev–Trinajstić information content (AvgIpc) is 3.14. The molecule has 0 amide bonds. The topological polar surface area (TPSA) is 74.2 Å². The predicted octanol–water partition coefficient (Wildman–Crippen LogP) is 4.51. The fourth-order valence-corrected chi connectivity index (χ4v) is 3.07. The number of rotatable bonds is 5. The molecule has 6 nitrogen and oxygen atoms in total. The maximum atomic E-state index is 12.3. The first-order chi connectivity index (χ1) is 14.6. The van der Waals surface area contributed by atoms with Gasteiger partial charge in [0.1, 0.15) is 0 Å². The number of nitrogens with zero attached hydrogens (tertiary/aromatic N) is 1. The summed E-state index contributed by atoms with van der Waals surface area (Å²) in [5.74, 6) is 0.0802. The Balaban J connectivity index is 1.63. The van der Waals surface area contributed by atoms with Crippen molar-refractivity contribution in [3.63, 3.8) is 0 Å². The van der Waals surface area contributed by atoms with Crippen LogP contribution in [-0.4, -0.2) is 24.9 Å². The van der Waals surface area contributed by atoms with Crippen LogP contribution < -0.4 is 9.47 Å². The number of cyclic esters (lactones) is 1. The van der Waals surface area contributed by atoms with Gasteiger partial charge in [-0.2, -0.15) is 0 Å². The molecule has 150 valence electrons. The Bertz CT molecular complexity index is 1210. The summed E-state index contributed by atoms with van der Waals surface area (Å²) in [7, 11) is 1.48. The quantitative estimate of drug-likeness (QED) is 0.357. The molecule has 0 saturated carbocycles. The molecule has 0 unspecified atom stereocenters. The average molecular weight is 401 g/mol. The van der Waals surface area contributed by atoms with Gasteiger partial charge in [-0.05, 0) is 46.7 Å². The Labute approximate surface area is 173 Å². The van der Waals surface area contributed by atoms with Crippen molar-refractivity contribution >= 4 is 34.7 Å². The van der Waals surface area contributed by atoms with E-state index < -0.39 is 5.97 Å². The van der Waals surface area contributed by atoms with E-state index in [4.69, 9.17) is 14.2 Å². The van der Waals surface area contributed by atoms with Gasteiger partial charge in [0.25, 0.3) is 0 Å². The fourth-order valence-electron chi connectivity index (χ4n) is 3.07. The van der Waals surface area contributed by atoms with Gasteiger partial charge in [0.15, 0.2) is 17.2 Å². The van der Waals surface area contributed by atoms with Gasteiger partial charge in [-0.3, -0.25) is 4.79 Å². The van der Waals surface area contributed by atoms with E-state index >= 15 is 0 Å². The second-order valence-corrected chi connectivity index (χ2v) is 6.64. The standard InChI is InChI=1S/C24H19NO5/c1-3-22(26)29-20-11-8-15(13-21(20)28-2)12-19-24(27)30-23(25-19)18-10-9-16-6-4-5-7-17(16)14-18/h4-14H,3H2,1-2H3/b19-12-. The number of methoxy groups -OCH3 is 1. The molecule has 1 aliphatic heterocycles. The number of carbonyl (C=O) groups excluding carboxylic acids is 2. The zero-order valence-electron chi connectivity index (χ0n) is 16.5. The van der Waals surface area contributed by atoms with Crippen molar-refractivity contribution in [1.82, 2.24) is 0 Å². The highest BCUT2D eigenvalue weighted by Crippen LogP contribution is 2.30. The van der Waals surface area contributed by atoms with Crippen LogP contribution in [0.4, 0.5) is 0 Å². The third-order valence-electron chi connectivity index (χ3n) is 4.62. The smallest absolute Gasteiger partial charge is 0.363 e. The van der Waals surface area contributed by atoms with E-state index in [1.165, 1.54) is 7.11 Å². The molecule has 3 aromatic carbocycles. The fraction of sp³-hybridized carbons (Fsp3) is 0.125. The Morgan fingerprint density at radius 2 is 1.83 bits per heavy atom. The van der Waals surface area contributed by atoms with Crippen LogP contribution in [0.2, 0.25) is 0 Å². The molecule has 0 N–H and O–H groups in total. The summed E-state index contributed by atoms with van der Waals surface area (Å²) in [6.07, 6.45) is 1.86. The number of ether oxygens (including phenoxy) is 3. The second kappa shape index (κ2) is 8.21. The minimum Gasteiger partial charge on any atom is -0.493 e. The lowest BCUT2D eigenvalue weighted by Gasteiger charge is -2.09. The van der Waals surface area contributed by atoms with E-state index in [9.17, 15) is 9.59 Å². The van der Waals surface area contributed by atoms with Crippen LogP contribution in [0.25, 0.3) is 16.8 Å². The summed E-state index contributed by atoms with van der Waals surface area (Å²) in [6.45, 7) is 1.71. The minimum absolute atomic E-state index is 0.179. The summed E-state index contributed by atoms with van der Waals surface area (Å²) in [6, 6.07) is 18.7. The van der Waals surface area contributed by atoms with E-state index in [1.54, 1.807) is 31.2 Å². The summed E-state index contributed by atoms with van der Waals surface area (Å²) >= 11 is 0. The molecule has 0 radical (unpaired) electrons. The van der Waals surface area contributed by atoms with Crippen LogP contribution in [0.5, 0.6) is 11.5 Å². The molecule has 0 fully saturated rings. The first-order valence-corrected chi connectivity index (χ1v) is 9.48. The third-order valence-corrected chi connectivity index (χ3v) is 4.62. The number of benzene rings is 3. The lowest BCUT2D eigenvalue weighted by atomic mass is 10.1. The van der Waals surface area contributed by atoms with E-state index in [0.717, 1.165) is 16.3 Å². The monoisotopic (exact) mass is 401 g/mol.